The van der Waals surface area contributed by atoms with E-state index < -0.39 is 0 Å². The minimum Gasteiger partial charge on any atom is -0.466 e. The molecule has 3 rings (SSSR count). The summed E-state index contributed by atoms with van der Waals surface area (Å²) in [4.78, 5) is 33.0. The summed E-state index contributed by atoms with van der Waals surface area (Å²) >= 11 is 0. The fraction of sp³-hybridized carbons (Fsp3) is 0.389. The molecule has 2 aromatic heterocycles. The highest BCUT2D eigenvalue weighted by Gasteiger charge is 2.20. The highest BCUT2D eigenvalue weighted by molar-refractivity contribution is 5.90. The number of esters is 1. The molecule has 0 saturated heterocycles. The molecular formula is C18H21N3O3. The number of ether oxygens (including phenoxy) is 1. The number of carbonyl (C=O) groups excluding carboxylic acids is 2. The molecule has 0 atom stereocenters. The van der Waals surface area contributed by atoms with Crippen molar-refractivity contribution in [3.8, 4) is 0 Å². The fourth-order valence-corrected chi connectivity index (χ4v) is 2.94. The Bertz CT molecular complexity index is 779. The van der Waals surface area contributed by atoms with Crippen molar-refractivity contribution in [1.29, 1.82) is 0 Å². The number of nitrogens with one attached hydrogen (secondary N) is 1. The number of aromatic nitrogens is 2. The van der Waals surface area contributed by atoms with Crippen LogP contribution in [-0.2, 0) is 14.3 Å². The lowest BCUT2D eigenvalue weighted by atomic mass is 10.0. The van der Waals surface area contributed by atoms with E-state index in [9.17, 15) is 9.59 Å². The van der Waals surface area contributed by atoms with Gasteiger partial charge in [0.15, 0.2) is 0 Å². The maximum absolute atomic E-state index is 12.2. The normalized spacial score (nSPS) is 14.5. The van der Waals surface area contributed by atoms with Crippen molar-refractivity contribution in [2.45, 2.75) is 26.2 Å². The number of amides is 1. The van der Waals surface area contributed by atoms with Crippen molar-refractivity contribution in [1.82, 2.24) is 14.9 Å². The number of carbonyl (C=O) groups is 2. The number of aromatic amines is 1. The summed E-state index contributed by atoms with van der Waals surface area (Å²) in [6.07, 6.45) is 6.97. The lowest BCUT2D eigenvalue weighted by molar-refractivity contribution is -0.145. The van der Waals surface area contributed by atoms with E-state index in [1.54, 1.807) is 18.0 Å². The van der Waals surface area contributed by atoms with Crippen LogP contribution in [0.5, 0.6) is 0 Å². The van der Waals surface area contributed by atoms with Gasteiger partial charge in [0.1, 0.15) is 0 Å². The highest BCUT2D eigenvalue weighted by atomic mass is 16.5. The second kappa shape index (κ2) is 7.29. The van der Waals surface area contributed by atoms with Crippen LogP contribution in [-0.4, -0.2) is 46.4 Å². The fourth-order valence-electron chi connectivity index (χ4n) is 2.94. The maximum Gasteiger partial charge on any atom is 0.306 e. The van der Waals surface area contributed by atoms with Crippen LogP contribution >= 0.6 is 0 Å². The van der Waals surface area contributed by atoms with E-state index in [2.05, 4.69) is 16.0 Å². The van der Waals surface area contributed by atoms with Gasteiger partial charge >= 0.3 is 5.97 Å². The third kappa shape index (κ3) is 3.48. The van der Waals surface area contributed by atoms with E-state index in [1.165, 1.54) is 5.57 Å². The van der Waals surface area contributed by atoms with Crippen LogP contribution in [0.25, 0.3) is 16.6 Å². The van der Waals surface area contributed by atoms with Crippen molar-refractivity contribution in [3.05, 3.63) is 36.2 Å². The lowest BCUT2D eigenvalue weighted by Crippen LogP contribution is -2.34. The SMILES string of the molecule is CCOC(=O)CCC(=O)N1CC=C(c2c[nH]c3cccnc23)CC1. The molecule has 1 N–H and O–H groups in total. The third-order valence-electron chi connectivity index (χ3n) is 4.19. The van der Waals surface area contributed by atoms with Crippen molar-refractivity contribution in [3.63, 3.8) is 0 Å². The summed E-state index contributed by atoms with van der Waals surface area (Å²) in [5, 5.41) is 0. The molecule has 0 aromatic carbocycles. The minimum absolute atomic E-state index is 0.00425. The van der Waals surface area contributed by atoms with Gasteiger partial charge in [0, 0.05) is 37.5 Å². The highest BCUT2D eigenvalue weighted by Crippen LogP contribution is 2.28. The van der Waals surface area contributed by atoms with Gasteiger partial charge in [-0.3, -0.25) is 14.6 Å². The van der Waals surface area contributed by atoms with Crippen molar-refractivity contribution in [2.75, 3.05) is 19.7 Å². The Morgan fingerprint density at radius 2 is 2.25 bits per heavy atom. The molecule has 1 aliphatic heterocycles. The largest absolute Gasteiger partial charge is 0.466 e. The molecule has 1 aliphatic rings. The molecule has 0 radical (unpaired) electrons. The molecule has 0 spiro atoms. The molecule has 2 aromatic rings. The van der Waals surface area contributed by atoms with Gasteiger partial charge in [0.2, 0.25) is 5.91 Å². The summed E-state index contributed by atoms with van der Waals surface area (Å²) in [7, 11) is 0. The van der Waals surface area contributed by atoms with E-state index >= 15 is 0 Å². The molecule has 0 fully saturated rings. The van der Waals surface area contributed by atoms with E-state index in [0.717, 1.165) is 23.0 Å². The Kier molecular flexibility index (Phi) is 4.93. The Morgan fingerprint density at radius 3 is 3.00 bits per heavy atom. The topological polar surface area (TPSA) is 75.3 Å². The van der Waals surface area contributed by atoms with Gasteiger partial charge in [-0.2, -0.15) is 0 Å². The molecule has 1 amide bonds. The first-order valence-electron chi connectivity index (χ1n) is 8.24. The van der Waals surface area contributed by atoms with Crippen LogP contribution in [0.4, 0.5) is 0 Å². The van der Waals surface area contributed by atoms with E-state index in [-0.39, 0.29) is 24.7 Å². The predicted octanol–water partition coefficient (Wildman–Crippen LogP) is 2.52. The Labute approximate surface area is 140 Å². The molecule has 24 heavy (non-hydrogen) atoms. The summed E-state index contributed by atoms with van der Waals surface area (Å²) in [5.41, 5.74) is 4.28. The van der Waals surface area contributed by atoms with E-state index in [1.807, 2.05) is 18.3 Å². The number of pyridine rings is 1. The zero-order chi connectivity index (χ0) is 16.9. The Morgan fingerprint density at radius 1 is 1.38 bits per heavy atom. The lowest BCUT2D eigenvalue weighted by Gasteiger charge is -2.26. The minimum atomic E-state index is -0.316. The summed E-state index contributed by atoms with van der Waals surface area (Å²) in [6, 6.07) is 3.91. The second-order valence-electron chi connectivity index (χ2n) is 5.73. The Balaban J connectivity index is 1.62. The number of hydrogen-bond acceptors (Lipinski definition) is 4. The zero-order valence-electron chi connectivity index (χ0n) is 13.7. The number of fused-ring (bicyclic) bond motifs is 1. The van der Waals surface area contributed by atoms with Crippen molar-refractivity contribution in [2.24, 2.45) is 0 Å². The van der Waals surface area contributed by atoms with E-state index in [4.69, 9.17) is 4.74 Å². The van der Waals surface area contributed by atoms with Crippen LogP contribution in [0.15, 0.2) is 30.6 Å². The quantitative estimate of drug-likeness (QED) is 0.856. The molecule has 6 nitrogen and oxygen atoms in total. The van der Waals surface area contributed by atoms with Crippen LogP contribution < -0.4 is 0 Å². The summed E-state index contributed by atoms with van der Waals surface area (Å²) < 4.78 is 4.85. The first-order chi connectivity index (χ1) is 11.7. The van der Waals surface area contributed by atoms with Gasteiger partial charge in [-0.25, -0.2) is 0 Å². The molecular weight excluding hydrogens is 306 g/mol. The smallest absolute Gasteiger partial charge is 0.306 e. The van der Waals surface area contributed by atoms with Gasteiger partial charge < -0.3 is 14.6 Å². The van der Waals surface area contributed by atoms with Gasteiger partial charge in [-0.15, -0.1) is 0 Å². The molecule has 3 heterocycles. The number of hydrogen-bond donors (Lipinski definition) is 1. The predicted molar refractivity (Wildman–Crippen MR) is 91.1 cm³/mol. The summed E-state index contributed by atoms with van der Waals surface area (Å²) in [6.45, 7) is 3.33. The first-order valence-corrected chi connectivity index (χ1v) is 8.24. The third-order valence-corrected chi connectivity index (χ3v) is 4.19. The monoisotopic (exact) mass is 327 g/mol. The molecule has 126 valence electrons. The van der Waals surface area contributed by atoms with E-state index in [0.29, 0.717) is 19.7 Å². The number of H-pyrrole nitrogens is 1. The number of rotatable bonds is 5. The van der Waals surface area contributed by atoms with Gasteiger partial charge in [-0.1, -0.05) is 6.08 Å². The van der Waals surface area contributed by atoms with Crippen molar-refractivity contribution < 1.29 is 14.3 Å². The average Bonchev–Trinajstić information content (AvgIpc) is 3.04. The molecule has 6 heteroatoms. The van der Waals surface area contributed by atoms with Gasteiger partial charge in [-0.05, 0) is 31.1 Å². The van der Waals surface area contributed by atoms with Crippen LogP contribution in [0.2, 0.25) is 0 Å². The molecule has 0 aliphatic carbocycles. The zero-order valence-corrected chi connectivity index (χ0v) is 13.7. The maximum atomic E-state index is 12.2. The average molecular weight is 327 g/mol. The molecule has 0 bridgehead atoms. The molecule has 0 unspecified atom stereocenters. The van der Waals surface area contributed by atoms with Crippen molar-refractivity contribution >= 4 is 28.5 Å². The first kappa shape index (κ1) is 16.2. The number of nitrogens with zero attached hydrogens (tertiary/aromatic N) is 2. The summed E-state index contributed by atoms with van der Waals surface area (Å²) in [5.74, 6) is -0.320. The Hall–Kier alpha value is -2.63. The standard InChI is InChI=1S/C18H21N3O3/c1-2-24-17(23)6-5-16(22)21-10-7-13(8-11-21)14-12-20-15-4-3-9-19-18(14)15/h3-4,7,9,12,20H,2,5-6,8,10-11H2,1H3. The van der Waals surface area contributed by atoms with Gasteiger partial charge in [0.05, 0.1) is 24.1 Å². The van der Waals surface area contributed by atoms with Crippen LogP contribution in [0.1, 0.15) is 31.7 Å². The molecule has 0 saturated carbocycles. The second-order valence-corrected chi connectivity index (χ2v) is 5.73. The van der Waals surface area contributed by atoms with Crippen LogP contribution in [0, 0.1) is 0 Å². The van der Waals surface area contributed by atoms with Crippen LogP contribution in [0.3, 0.4) is 0 Å². The van der Waals surface area contributed by atoms with Gasteiger partial charge in [0.25, 0.3) is 0 Å².